The van der Waals surface area contributed by atoms with Gasteiger partial charge in [0, 0.05) is 19.7 Å². The molecule has 1 rings (SSSR count). The summed E-state index contributed by atoms with van der Waals surface area (Å²) in [5, 5.41) is 3.24. The monoisotopic (exact) mass is 144 g/mol. The largest absolute Gasteiger partial charge is 0.373 e. The smallest absolute Gasteiger partial charge is 0.0939 e. The molecule has 0 aromatic heterocycles. The van der Waals surface area contributed by atoms with E-state index in [4.69, 9.17) is 10.5 Å². The molecule has 0 spiro atoms. The molecule has 0 saturated carbocycles. The predicted molar refractivity (Wildman–Crippen MR) is 40.9 cm³/mol. The summed E-state index contributed by atoms with van der Waals surface area (Å²) in [5.41, 5.74) is 5.54. The second kappa shape index (κ2) is 3.32. The summed E-state index contributed by atoms with van der Waals surface area (Å²) in [6.07, 6.45) is 1.05. The minimum absolute atomic E-state index is 0.0469. The van der Waals surface area contributed by atoms with Crippen LogP contribution in [0.3, 0.4) is 0 Å². The minimum atomic E-state index is -0.0469. The van der Waals surface area contributed by atoms with Crippen molar-refractivity contribution in [1.82, 2.24) is 5.32 Å². The van der Waals surface area contributed by atoms with Crippen molar-refractivity contribution >= 4 is 0 Å². The van der Waals surface area contributed by atoms with Gasteiger partial charge in [-0.1, -0.05) is 0 Å². The van der Waals surface area contributed by atoms with Crippen LogP contribution in [0.5, 0.6) is 0 Å². The van der Waals surface area contributed by atoms with Crippen LogP contribution in [0.1, 0.15) is 13.3 Å². The fraction of sp³-hybridized carbons (Fsp3) is 1.00. The SMILES string of the molecule is CCOC1(CN)CCNC1. The highest BCUT2D eigenvalue weighted by atomic mass is 16.5. The van der Waals surface area contributed by atoms with Gasteiger partial charge in [0.2, 0.25) is 0 Å². The van der Waals surface area contributed by atoms with Crippen molar-refractivity contribution in [2.75, 3.05) is 26.2 Å². The number of hydrogen-bond donors (Lipinski definition) is 2. The van der Waals surface area contributed by atoms with Crippen LogP contribution in [0, 0.1) is 0 Å². The molecule has 1 unspecified atom stereocenters. The lowest BCUT2D eigenvalue weighted by atomic mass is 10.0. The van der Waals surface area contributed by atoms with Crippen molar-refractivity contribution in [3.8, 4) is 0 Å². The second-order valence-corrected chi connectivity index (χ2v) is 2.75. The standard InChI is InChI=1S/C7H16N2O/c1-2-10-7(5-8)3-4-9-6-7/h9H,2-6,8H2,1H3. The van der Waals surface area contributed by atoms with E-state index in [0.717, 1.165) is 26.1 Å². The van der Waals surface area contributed by atoms with Crippen LogP contribution >= 0.6 is 0 Å². The van der Waals surface area contributed by atoms with E-state index in [-0.39, 0.29) is 5.60 Å². The van der Waals surface area contributed by atoms with Gasteiger partial charge in [-0.2, -0.15) is 0 Å². The van der Waals surface area contributed by atoms with E-state index in [1.54, 1.807) is 0 Å². The fourth-order valence-corrected chi connectivity index (χ4v) is 1.38. The first-order valence-electron chi connectivity index (χ1n) is 3.88. The van der Waals surface area contributed by atoms with Crippen LogP contribution in [0.15, 0.2) is 0 Å². The zero-order chi connectivity index (χ0) is 7.45. The van der Waals surface area contributed by atoms with Gasteiger partial charge in [-0.05, 0) is 19.9 Å². The third kappa shape index (κ3) is 1.48. The van der Waals surface area contributed by atoms with Crippen LogP contribution in [0.4, 0.5) is 0 Å². The molecule has 0 aliphatic carbocycles. The highest BCUT2D eigenvalue weighted by Gasteiger charge is 2.32. The van der Waals surface area contributed by atoms with E-state index < -0.39 is 0 Å². The van der Waals surface area contributed by atoms with Gasteiger partial charge in [-0.3, -0.25) is 0 Å². The summed E-state index contributed by atoms with van der Waals surface area (Å²) < 4.78 is 5.55. The Morgan fingerprint density at radius 3 is 2.90 bits per heavy atom. The highest BCUT2D eigenvalue weighted by molar-refractivity contribution is 4.90. The zero-order valence-corrected chi connectivity index (χ0v) is 6.52. The average molecular weight is 144 g/mol. The summed E-state index contributed by atoms with van der Waals surface area (Å²) in [7, 11) is 0. The predicted octanol–water partition coefficient (Wildman–Crippen LogP) is -0.286. The first-order chi connectivity index (χ1) is 4.83. The molecule has 3 heteroatoms. The summed E-state index contributed by atoms with van der Waals surface area (Å²) in [4.78, 5) is 0. The van der Waals surface area contributed by atoms with Crippen molar-refractivity contribution in [3.63, 3.8) is 0 Å². The lowest BCUT2D eigenvalue weighted by Gasteiger charge is -2.25. The molecule has 1 heterocycles. The Morgan fingerprint density at radius 1 is 1.70 bits per heavy atom. The van der Waals surface area contributed by atoms with Gasteiger partial charge in [0.15, 0.2) is 0 Å². The number of nitrogens with one attached hydrogen (secondary N) is 1. The molecule has 60 valence electrons. The van der Waals surface area contributed by atoms with E-state index in [2.05, 4.69) is 5.32 Å². The number of nitrogens with two attached hydrogens (primary N) is 1. The zero-order valence-electron chi connectivity index (χ0n) is 6.52. The topological polar surface area (TPSA) is 47.3 Å². The van der Waals surface area contributed by atoms with Gasteiger partial charge in [-0.25, -0.2) is 0 Å². The van der Waals surface area contributed by atoms with Gasteiger partial charge >= 0.3 is 0 Å². The summed E-state index contributed by atoms with van der Waals surface area (Å²) in [5.74, 6) is 0. The molecule has 0 radical (unpaired) electrons. The molecule has 0 amide bonds. The minimum Gasteiger partial charge on any atom is -0.373 e. The third-order valence-electron chi connectivity index (χ3n) is 2.03. The molecule has 3 N–H and O–H groups in total. The van der Waals surface area contributed by atoms with E-state index in [1.165, 1.54) is 0 Å². The van der Waals surface area contributed by atoms with Crippen LogP contribution in [-0.4, -0.2) is 31.8 Å². The molecule has 0 aromatic rings. The summed E-state index contributed by atoms with van der Waals surface area (Å²) in [6.45, 7) is 5.36. The van der Waals surface area contributed by atoms with Crippen molar-refractivity contribution < 1.29 is 4.74 Å². The van der Waals surface area contributed by atoms with Crippen LogP contribution in [-0.2, 0) is 4.74 Å². The summed E-state index contributed by atoms with van der Waals surface area (Å²) in [6, 6.07) is 0. The molecule has 0 aromatic carbocycles. The van der Waals surface area contributed by atoms with Gasteiger partial charge in [0.1, 0.15) is 0 Å². The molecule has 1 saturated heterocycles. The highest BCUT2D eigenvalue weighted by Crippen LogP contribution is 2.17. The second-order valence-electron chi connectivity index (χ2n) is 2.75. The molecular formula is C7H16N2O. The Kier molecular flexibility index (Phi) is 2.65. The first-order valence-corrected chi connectivity index (χ1v) is 3.88. The van der Waals surface area contributed by atoms with Crippen molar-refractivity contribution in [2.45, 2.75) is 18.9 Å². The average Bonchev–Trinajstić information content (AvgIpc) is 2.39. The molecule has 1 aliphatic heterocycles. The van der Waals surface area contributed by atoms with Crippen LogP contribution in [0.2, 0.25) is 0 Å². The number of ether oxygens (including phenoxy) is 1. The number of hydrogen-bond acceptors (Lipinski definition) is 3. The van der Waals surface area contributed by atoms with E-state index in [1.807, 2.05) is 6.92 Å². The molecule has 3 nitrogen and oxygen atoms in total. The van der Waals surface area contributed by atoms with Crippen molar-refractivity contribution in [2.24, 2.45) is 5.73 Å². The van der Waals surface area contributed by atoms with Gasteiger partial charge in [0.05, 0.1) is 5.60 Å². The number of rotatable bonds is 3. The lowest BCUT2D eigenvalue weighted by molar-refractivity contribution is -0.0162. The Balaban J connectivity index is 2.41. The third-order valence-corrected chi connectivity index (χ3v) is 2.03. The van der Waals surface area contributed by atoms with Gasteiger partial charge in [-0.15, -0.1) is 0 Å². The Labute approximate surface area is 61.9 Å². The van der Waals surface area contributed by atoms with Crippen molar-refractivity contribution in [1.29, 1.82) is 0 Å². The quantitative estimate of drug-likeness (QED) is 0.572. The van der Waals surface area contributed by atoms with Gasteiger partial charge in [0.25, 0.3) is 0 Å². The van der Waals surface area contributed by atoms with E-state index in [0.29, 0.717) is 6.54 Å². The van der Waals surface area contributed by atoms with E-state index in [9.17, 15) is 0 Å². The molecule has 1 fully saturated rings. The first kappa shape index (κ1) is 7.98. The molecule has 1 aliphatic rings. The maximum Gasteiger partial charge on any atom is 0.0939 e. The van der Waals surface area contributed by atoms with Gasteiger partial charge < -0.3 is 15.8 Å². The Morgan fingerprint density at radius 2 is 2.50 bits per heavy atom. The van der Waals surface area contributed by atoms with E-state index >= 15 is 0 Å². The molecule has 1 atom stereocenters. The normalized spacial score (nSPS) is 33.0. The van der Waals surface area contributed by atoms with Crippen LogP contribution in [0.25, 0.3) is 0 Å². The van der Waals surface area contributed by atoms with Crippen molar-refractivity contribution in [3.05, 3.63) is 0 Å². The molecular weight excluding hydrogens is 128 g/mol. The maximum absolute atomic E-state index is 5.59. The molecule has 0 bridgehead atoms. The van der Waals surface area contributed by atoms with Crippen LogP contribution < -0.4 is 11.1 Å². The Bertz CT molecular complexity index is 99.8. The Hall–Kier alpha value is -0.120. The maximum atomic E-state index is 5.59. The fourth-order valence-electron chi connectivity index (χ4n) is 1.38. The summed E-state index contributed by atoms with van der Waals surface area (Å²) >= 11 is 0. The lowest BCUT2D eigenvalue weighted by Crippen LogP contribution is -2.42. The molecule has 10 heavy (non-hydrogen) atoms.